The Labute approximate surface area is 118 Å². The molecule has 1 nitrogen and oxygen atoms in total. The molecule has 106 valence electrons. The van der Waals surface area contributed by atoms with Crippen molar-refractivity contribution >= 4 is 0 Å². The fourth-order valence-corrected chi connectivity index (χ4v) is 2.88. The van der Waals surface area contributed by atoms with Gasteiger partial charge in [-0.1, -0.05) is 70.4 Å². The highest BCUT2D eigenvalue weighted by molar-refractivity contribution is 5.19. The van der Waals surface area contributed by atoms with Crippen molar-refractivity contribution in [2.24, 2.45) is 11.3 Å². The predicted molar refractivity (Wildman–Crippen MR) is 83.2 cm³/mol. The first-order chi connectivity index (χ1) is 9.13. The summed E-state index contributed by atoms with van der Waals surface area (Å²) in [7, 11) is 0. The van der Waals surface area contributed by atoms with E-state index in [2.05, 4.69) is 56.4 Å². The Morgan fingerprint density at radius 1 is 1.21 bits per heavy atom. The fraction of sp³-hybridized carbons (Fsp3) is 0.667. The topological polar surface area (TPSA) is 12.0 Å². The second kappa shape index (κ2) is 6.56. The van der Waals surface area contributed by atoms with E-state index in [9.17, 15) is 0 Å². The van der Waals surface area contributed by atoms with Gasteiger partial charge in [0.15, 0.2) is 0 Å². The molecular formula is C18H29N. The molecule has 0 spiro atoms. The Bertz CT molecular complexity index is 369. The predicted octanol–water partition coefficient (Wildman–Crippen LogP) is 4.94. The van der Waals surface area contributed by atoms with Gasteiger partial charge in [-0.25, -0.2) is 0 Å². The highest BCUT2D eigenvalue weighted by Crippen LogP contribution is 2.51. The zero-order valence-electron chi connectivity index (χ0n) is 12.8. The van der Waals surface area contributed by atoms with Gasteiger partial charge in [0, 0.05) is 6.04 Å². The van der Waals surface area contributed by atoms with Crippen molar-refractivity contribution in [1.29, 1.82) is 0 Å². The van der Waals surface area contributed by atoms with Crippen molar-refractivity contribution < 1.29 is 0 Å². The average molecular weight is 259 g/mol. The third-order valence-electron chi connectivity index (χ3n) is 4.63. The summed E-state index contributed by atoms with van der Waals surface area (Å²) in [5, 5.41) is 3.81. The molecule has 0 saturated heterocycles. The number of hydrogen-bond acceptors (Lipinski definition) is 1. The van der Waals surface area contributed by atoms with Gasteiger partial charge in [0.05, 0.1) is 0 Å². The van der Waals surface area contributed by atoms with Crippen LogP contribution in [-0.4, -0.2) is 6.54 Å². The highest BCUT2D eigenvalue weighted by Gasteiger charge is 2.45. The van der Waals surface area contributed by atoms with E-state index < -0.39 is 0 Å². The Morgan fingerprint density at radius 2 is 1.89 bits per heavy atom. The molecule has 0 amide bonds. The second-order valence-corrected chi connectivity index (χ2v) is 6.76. The quantitative estimate of drug-likeness (QED) is 0.652. The molecule has 0 radical (unpaired) electrons. The summed E-state index contributed by atoms with van der Waals surface area (Å²) in [6.45, 7) is 8.22. The first kappa shape index (κ1) is 14.6. The van der Waals surface area contributed by atoms with E-state index in [0.29, 0.717) is 11.5 Å². The van der Waals surface area contributed by atoms with Crippen LogP contribution in [0.4, 0.5) is 0 Å². The summed E-state index contributed by atoms with van der Waals surface area (Å²) in [6.07, 6.45) is 6.63. The normalized spacial score (nSPS) is 22.2. The molecule has 2 unspecified atom stereocenters. The molecule has 1 aliphatic rings. The molecule has 1 N–H and O–H groups in total. The van der Waals surface area contributed by atoms with Crippen LogP contribution in [0.3, 0.4) is 0 Å². The van der Waals surface area contributed by atoms with Crippen molar-refractivity contribution in [2.45, 2.75) is 58.9 Å². The Balaban J connectivity index is 1.87. The van der Waals surface area contributed by atoms with Crippen molar-refractivity contribution in [3.8, 4) is 0 Å². The lowest BCUT2D eigenvalue weighted by molar-refractivity contribution is 0.437. The van der Waals surface area contributed by atoms with Crippen molar-refractivity contribution in [3.63, 3.8) is 0 Å². The van der Waals surface area contributed by atoms with E-state index in [1.807, 2.05) is 0 Å². The molecule has 1 fully saturated rings. The van der Waals surface area contributed by atoms with E-state index >= 15 is 0 Å². The standard InChI is InChI=1S/C18H29N/c1-4-5-7-12-17(15-10-8-6-9-11-15)19-14-16-13-18(16,2)3/h6,8-11,16-17,19H,4-5,7,12-14H2,1-3H3. The number of nitrogens with one attached hydrogen (secondary N) is 1. The van der Waals surface area contributed by atoms with Crippen molar-refractivity contribution in [1.82, 2.24) is 5.32 Å². The lowest BCUT2D eigenvalue weighted by Gasteiger charge is -2.20. The fourth-order valence-electron chi connectivity index (χ4n) is 2.88. The van der Waals surface area contributed by atoms with Gasteiger partial charge < -0.3 is 5.32 Å². The van der Waals surface area contributed by atoms with E-state index in [0.717, 1.165) is 5.92 Å². The summed E-state index contributed by atoms with van der Waals surface area (Å²) in [6, 6.07) is 11.5. The van der Waals surface area contributed by atoms with Gasteiger partial charge in [0.2, 0.25) is 0 Å². The lowest BCUT2D eigenvalue weighted by atomic mass is 10.00. The molecule has 19 heavy (non-hydrogen) atoms. The monoisotopic (exact) mass is 259 g/mol. The van der Waals surface area contributed by atoms with Gasteiger partial charge in [-0.05, 0) is 36.3 Å². The maximum absolute atomic E-state index is 3.81. The third kappa shape index (κ3) is 4.35. The SMILES string of the molecule is CCCCCC(NCC1CC1(C)C)c1ccccc1. The van der Waals surface area contributed by atoms with Gasteiger partial charge in [0.25, 0.3) is 0 Å². The Kier molecular flexibility index (Phi) is 5.04. The summed E-state index contributed by atoms with van der Waals surface area (Å²) < 4.78 is 0. The summed E-state index contributed by atoms with van der Waals surface area (Å²) >= 11 is 0. The van der Waals surface area contributed by atoms with Gasteiger partial charge in [-0.3, -0.25) is 0 Å². The first-order valence-electron chi connectivity index (χ1n) is 7.92. The molecular weight excluding hydrogens is 230 g/mol. The van der Waals surface area contributed by atoms with E-state index in [-0.39, 0.29) is 0 Å². The number of benzene rings is 1. The summed E-state index contributed by atoms with van der Waals surface area (Å²) in [4.78, 5) is 0. The highest BCUT2D eigenvalue weighted by atomic mass is 14.9. The maximum Gasteiger partial charge on any atom is 0.0320 e. The van der Waals surface area contributed by atoms with Gasteiger partial charge >= 0.3 is 0 Å². The van der Waals surface area contributed by atoms with Crippen LogP contribution in [0.1, 0.15) is 64.5 Å². The van der Waals surface area contributed by atoms with Crippen LogP contribution >= 0.6 is 0 Å². The van der Waals surface area contributed by atoms with Crippen LogP contribution in [0.15, 0.2) is 30.3 Å². The van der Waals surface area contributed by atoms with Crippen LogP contribution in [0.25, 0.3) is 0 Å². The molecule has 1 aliphatic carbocycles. The Morgan fingerprint density at radius 3 is 2.47 bits per heavy atom. The van der Waals surface area contributed by atoms with Crippen LogP contribution in [-0.2, 0) is 0 Å². The zero-order valence-corrected chi connectivity index (χ0v) is 12.8. The molecule has 1 heteroatoms. The average Bonchev–Trinajstić information content (AvgIpc) is 3.02. The molecule has 1 aromatic carbocycles. The smallest absolute Gasteiger partial charge is 0.0320 e. The lowest BCUT2D eigenvalue weighted by Crippen LogP contribution is -2.24. The number of unbranched alkanes of at least 4 members (excludes halogenated alkanes) is 2. The first-order valence-corrected chi connectivity index (χ1v) is 7.92. The van der Waals surface area contributed by atoms with E-state index in [1.54, 1.807) is 0 Å². The Hall–Kier alpha value is -0.820. The van der Waals surface area contributed by atoms with Gasteiger partial charge in [-0.15, -0.1) is 0 Å². The molecule has 0 heterocycles. The van der Waals surface area contributed by atoms with Crippen LogP contribution in [0.5, 0.6) is 0 Å². The largest absolute Gasteiger partial charge is 0.310 e. The van der Waals surface area contributed by atoms with Crippen LogP contribution in [0.2, 0.25) is 0 Å². The molecule has 1 aromatic rings. The third-order valence-corrected chi connectivity index (χ3v) is 4.63. The van der Waals surface area contributed by atoms with Gasteiger partial charge in [0.1, 0.15) is 0 Å². The maximum atomic E-state index is 3.81. The minimum atomic E-state index is 0.546. The number of hydrogen-bond donors (Lipinski definition) is 1. The molecule has 2 rings (SSSR count). The summed E-state index contributed by atoms with van der Waals surface area (Å²) in [5.41, 5.74) is 2.04. The van der Waals surface area contributed by atoms with Crippen LogP contribution < -0.4 is 5.32 Å². The molecule has 0 aliphatic heterocycles. The minimum absolute atomic E-state index is 0.546. The number of rotatable bonds is 8. The molecule has 0 aromatic heterocycles. The van der Waals surface area contributed by atoms with E-state index in [4.69, 9.17) is 0 Å². The van der Waals surface area contributed by atoms with Crippen molar-refractivity contribution in [3.05, 3.63) is 35.9 Å². The molecule has 0 bridgehead atoms. The molecule has 2 atom stereocenters. The zero-order chi connectivity index (χ0) is 13.7. The molecule has 1 saturated carbocycles. The van der Waals surface area contributed by atoms with E-state index in [1.165, 1.54) is 44.2 Å². The minimum Gasteiger partial charge on any atom is -0.310 e. The van der Waals surface area contributed by atoms with Crippen LogP contribution in [0, 0.1) is 11.3 Å². The van der Waals surface area contributed by atoms with Crippen molar-refractivity contribution in [2.75, 3.05) is 6.54 Å². The van der Waals surface area contributed by atoms with Gasteiger partial charge in [-0.2, -0.15) is 0 Å². The second-order valence-electron chi connectivity index (χ2n) is 6.76. The summed E-state index contributed by atoms with van der Waals surface area (Å²) in [5.74, 6) is 0.880.